The fourth-order valence-electron chi connectivity index (χ4n) is 2.79. The van der Waals surface area contributed by atoms with Gasteiger partial charge in [0.1, 0.15) is 0 Å². The van der Waals surface area contributed by atoms with Gasteiger partial charge in [0.2, 0.25) is 5.91 Å². The van der Waals surface area contributed by atoms with Gasteiger partial charge in [0.25, 0.3) is 5.69 Å². The van der Waals surface area contributed by atoms with Crippen LogP contribution < -0.4 is 4.90 Å². The van der Waals surface area contributed by atoms with Gasteiger partial charge >= 0.3 is 0 Å². The summed E-state index contributed by atoms with van der Waals surface area (Å²) in [5.74, 6) is -0.00401. The van der Waals surface area contributed by atoms with Gasteiger partial charge in [0, 0.05) is 23.2 Å². The summed E-state index contributed by atoms with van der Waals surface area (Å²) in [5.41, 5.74) is 1.82. The van der Waals surface area contributed by atoms with Gasteiger partial charge in [-0.1, -0.05) is 45.2 Å². The van der Waals surface area contributed by atoms with Gasteiger partial charge in [-0.15, -0.1) is 0 Å². The van der Waals surface area contributed by atoms with E-state index in [-0.39, 0.29) is 11.6 Å². The van der Waals surface area contributed by atoms with E-state index in [9.17, 15) is 14.9 Å². The topological polar surface area (TPSA) is 63.5 Å². The molecule has 0 fully saturated rings. The molecule has 23 heavy (non-hydrogen) atoms. The van der Waals surface area contributed by atoms with Gasteiger partial charge in [-0.2, -0.15) is 0 Å². The van der Waals surface area contributed by atoms with Crippen molar-refractivity contribution < 1.29 is 9.72 Å². The van der Waals surface area contributed by atoms with E-state index in [0.717, 1.165) is 16.8 Å². The summed E-state index contributed by atoms with van der Waals surface area (Å²) in [6.07, 6.45) is 5.61. The standard InChI is InChI=1S/C18H20N2O3/c1-5-7-13(6-2)12-19-16-9-8-15(20(22)23)10-14(16)11-18(3,4)17(19)21/h5-10H,1-2,11-12H2,3-4H3/b13-7+. The molecule has 1 aromatic rings. The van der Waals surface area contributed by atoms with Crippen LogP contribution in [-0.2, 0) is 11.2 Å². The monoisotopic (exact) mass is 312 g/mol. The van der Waals surface area contributed by atoms with Crippen LogP contribution in [0.2, 0.25) is 0 Å². The van der Waals surface area contributed by atoms with E-state index in [1.165, 1.54) is 6.07 Å². The quantitative estimate of drug-likeness (QED) is 0.472. The van der Waals surface area contributed by atoms with Crippen LogP contribution in [0.15, 0.2) is 55.2 Å². The zero-order chi connectivity index (χ0) is 17.2. The molecule has 0 saturated heterocycles. The predicted octanol–water partition coefficient (Wildman–Crippen LogP) is 3.81. The average Bonchev–Trinajstić information content (AvgIpc) is 2.49. The van der Waals surface area contributed by atoms with Crippen molar-refractivity contribution in [1.82, 2.24) is 0 Å². The van der Waals surface area contributed by atoms with Crippen molar-refractivity contribution in [3.05, 3.63) is 70.8 Å². The minimum Gasteiger partial charge on any atom is -0.307 e. The van der Waals surface area contributed by atoms with Crippen molar-refractivity contribution in [3.63, 3.8) is 0 Å². The number of allylic oxidation sites excluding steroid dienone is 2. The maximum Gasteiger partial charge on any atom is 0.269 e. The van der Waals surface area contributed by atoms with E-state index in [0.29, 0.717) is 13.0 Å². The van der Waals surface area contributed by atoms with Crippen LogP contribution >= 0.6 is 0 Å². The number of carbonyl (C=O) groups is 1. The third-order valence-corrected chi connectivity index (χ3v) is 3.96. The summed E-state index contributed by atoms with van der Waals surface area (Å²) in [5, 5.41) is 11.0. The van der Waals surface area contributed by atoms with E-state index in [1.807, 2.05) is 13.8 Å². The zero-order valence-corrected chi connectivity index (χ0v) is 13.4. The van der Waals surface area contributed by atoms with Crippen molar-refractivity contribution >= 4 is 17.3 Å². The minimum absolute atomic E-state index is 0.00401. The highest BCUT2D eigenvalue weighted by molar-refractivity contribution is 6.00. The molecule has 2 rings (SSSR count). The largest absolute Gasteiger partial charge is 0.307 e. The van der Waals surface area contributed by atoms with Gasteiger partial charge in [-0.25, -0.2) is 0 Å². The lowest BCUT2D eigenvalue weighted by Gasteiger charge is -2.38. The molecular formula is C18H20N2O3. The molecule has 0 saturated carbocycles. The Labute approximate surface area is 135 Å². The molecule has 1 amide bonds. The molecule has 0 unspecified atom stereocenters. The second-order valence-corrected chi connectivity index (χ2v) is 6.20. The number of anilines is 1. The SMILES string of the molecule is C=C/C=C(\C=C)CN1C(=O)C(C)(C)Cc2cc([N+](=O)[O-])ccc21. The Hall–Kier alpha value is -2.69. The van der Waals surface area contributed by atoms with Crippen LogP contribution in [0.1, 0.15) is 19.4 Å². The third-order valence-electron chi connectivity index (χ3n) is 3.96. The number of rotatable bonds is 5. The second kappa shape index (κ2) is 6.20. The Morgan fingerprint density at radius 3 is 2.70 bits per heavy atom. The first-order valence-electron chi connectivity index (χ1n) is 7.33. The van der Waals surface area contributed by atoms with Crippen LogP contribution in [0.4, 0.5) is 11.4 Å². The first kappa shape index (κ1) is 16.7. The van der Waals surface area contributed by atoms with Crippen molar-refractivity contribution in [2.24, 2.45) is 5.41 Å². The van der Waals surface area contributed by atoms with Crippen molar-refractivity contribution in [2.75, 3.05) is 11.4 Å². The summed E-state index contributed by atoms with van der Waals surface area (Å²) < 4.78 is 0. The van der Waals surface area contributed by atoms with E-state index < -0.39 is 10.3 Å². The minimum atomic E-state index is -0.608. The number of nitro benzene ring substituents is 1. The van der Waals surface area contributed by atoms with Gasteiger partial charge in [0.15, 0.2) is 0 Å². The molecule has 1 heterocycles. The number of non-ortho nitro benzene ring substituents is 1. The summed E-state index contributed by atoms with van der Waals surface area (Å²) in [6.45, 7) is 11.5. The average molecular weight is 312 g/mol. The molecule has 5 heteroatoms. The maximum atomic E-state index is 12.8. The molecule has 0 N–H and O–H groups in total. The zero-order valence-electron chi connectivity index (χ0n) is 13.4. The molecule has 1 aliphatic heterocycles. The lowest BCUT2D eigenvalue weighted by molar-refractivity contribution is -0.384. The van der Waals surface area contributed by atoms with E-state index >= 15 is 0 Å². The highest BCUT2D eigenvalue weighted by Crippen LogP contribution is 2.39. The van der Waals surface area contributed by atoms with E-state index in [1.54, 1.807) is 35.3 Å². The first-order chi connectivity index (χ1) is 10.8. The summed E-state index contributed by atoms with van der Waals surface area (Å²) in [6, 6.07) is 4.64. The molecule has 0 atom stereocenters. The second-order valence-electron chi connectivity index (χ2n) is 6.20. The Morgan fingerprint density at radius 2 is 2.13 bits per heavy atom. The molecule has 0 spiro atoms. The van der Waals surface area contributed by atoms with Gasteiger partial charge in [0.05, 0.1) is 11.5 Å². The Morgan fingerprint density at radius 1 is 1.43 bits per heavy atom. The molecule has 1 aliphatic rings. The lowest BCUT2D eigenvalue weighted by atomic mass is 9.80. The van der Waals surface area contributed by atoms with Crippen molar-refractivity contribution in [1.29, 1.82) is 0 Å². The Bertz CT molecular complexity index is 717. The number of carbonyl (C=O) groups excluding carboxylic acids is 1. The number of amides is 1. The van der Waals surface area contributed by atoms with Gasteiger partial charge in [-0.3, -0.25) is 14.9 Å². The lowest BCUT2D eigenvalue weighted by Crippen LogP contribution is -2.47. The Kier molecular flexibility index (Phi) is 4.50. The van der Waals surface area contributed by atoms with Crippen LogP contribution in [0, 0.1) is 15.5 Å². The van der Waals surface area contributed by atoms with Crippen molar-refractivity contribution in [2.45, 2.75) is 20.3 Å². The number of nitro groups is 1. The molecular weight excluding hydrogens is 292 g/mol. The number of benzene rings is 1. The molecule has 1 aromatic carbocycles. The Balaban J connectivity index is 2.52. The normalized spacial score (nSPS) is 16.7. The highest BCUT2D eigenvalue weighted by Gasteiger charge is 2.39. The van der Waals surface area contributed by atoms with Crippen LogP contribution in [-0.4, -0.2) is 17.4 Å². The van der Waals surface area contributed by atoms with Gasteiger partial charge in [-0.05, 0) is 23.6 Å². The molecule has 5 nitrogen and oxygen atoms in total. The summed E-state index contributed by atoms with van der Waals surface area (Å²) in [4.78, 5) is 25.0. The van der Waals surface area contributed by atoms with Crippen molar-refractivity contribution in [3.8, 4) is 0 Å². The van der Waals surface area contributed by atoms with Crippen LogP contribution in [0.3, 0.4) is 0 Å². The fraction of sp³-hybridized carbons (Fsp3) is 0.278. The molecule has 0 bridgehead atoms. The fourth-order valence-corrected chi connectivity index (χ4v) is 2.79. The predicted molar refractivity (Wildman–Crippen MR) is 91.4 cm³/mol. The molecule has 0 radical (unpaired) electrons. The number of nitrogens with zero attached hydrogens (tertiary/aromatic N) is 2. The number of fused-ring (bicyclic) bond motifs is 1. The molecule has 0 aromatic heterocycles. The highest BCUT2D eigenvalue weighted by atomic mass is 16.6. The molecule has 0 aliphatic carbocycles. The van der Waals surface area contributed by atoms with E-state index in [2.05, 4.69) is 13.2 Å². The van der Waals surface area contributed by atoms with Gasteiger partial charge < -0.3 is 4.90 Å². The molecule has 120 valence electrons. The smallest absolute Gasteiger partial charge is 0.269 e. The maximum absolute atomic E-state index is 12.8. The summed E-state index contributed by atoms with van der Waals surface area (Å²) >= 11 is 0. The first-order valence-corrected chi connectivity index (χ1v) is 7.33. The van der Waals surface area contributed by atoms with E-state index in [4.69, 9.17) is 0 Å². The number of hydrogen-bond acceptors (Lipinski definition) is 3. The third kappa shape index (κ3) is 3.23. The van der Waals surface area contributed by atoms with Crippen LogP contribution in [0.25, 0.3) is 0 Å². The van der Waals surface area contributed by atoms with Crippen LogP contribution in [0.5, 0.6) is 0 Å². The summed E-state index contributed by atoms with van der Waals surface area (Å²) in [7, 11) is 0. The number of hydrogen-bond donors (Lipinski definition) is 0.